The van der Waals surface area contributed by atoms with Gasteiger partial charge in [0.1, 0.15) is 5.69 Å². The van der Waals surface area contributed by atoms with Crippen molar-refractivity contribution in [3.05, 3.63) is 27.1 Å². The molecule has 0 radical (unpaired) electrons. The summed E-state index contributed by atoms with van der Waals surface area (Å²) in [5, 5.41) is 7.47. The van der Waals surface area contributed by atoms with E-state index in [9.17, 15) is 0 Å². The lowest BCUT2D eigenvalue weighted by molar-refractivity contribution is 0.329. The Morgan fingerprint density at radius 3 is 2.71 bits per heavy atom. The van der Waals surface area contributed by atoms with Crippen molar-refractivity contribution in [1.29, 1.82) is 0 Å². The second-order valence-corrected chi connectivity index (χ2v) is 6.88. The smallest absolute Gasteiger partial charge is 0.228 e. The number of nitrogens with one attached hydrogen (secondary N) is 1. The topological polar surface area (TPSA) is 63.8 Å². The van der Waals surface area contributed by atoms with Crippen molar-refractivity contribution in [3.63, 3.8) is 0 Å². The maximum atomic E-state index is 5.36. The molecule has 1 unspecified atom stereocenters. The maximum Gasteiger partial charge on any atom is 0.228 e. The predicted octanol–water partition coefficient (Wildman–Crippen LogP) is 3.83. The number of rotatable bonds is 6. The molecular weight excluding hydrogens is 400 g/mol. The van der Waals surface area contributed by atoms with Gasteiger partial charge in [-0.2, -0.15) is 4.98 Å². The number of hydrogen-bond donors (Lipinski definition) is 1. The average Bonchev–Trinajstić information content (AvgIpc) is 2.86. The van der Waals surface area contributed by atoms with Crippen LogP contribution in [0.2, 0.25) is 0 Å². The van der Waals surface area contributed by atoms with Crippen LogP contribution in [0.1, 0.15) is 26.7 Å². The summed E-state index contributed by atoms with van der Waals surface area (Å²) in [4.78, 5) is 8.77. The van der Waals surface area contributed by atoms with Gasteiger partial charge in [0.05, 0.1) is 0 Å². The van der Waals surface area contributed by atoms with E-state index in [1.165, 1.54) is 0 Å². The van der Waals surface area contributed by atoms with Gasteiger partial charge in [-0.25, -0.2) is 0 Å². The molecule has 2 rings (SSSR count). The number of hydrogen-bond acceptors (Lipinski definition) is 5. The van der Waals surface area contributed by atoms with Crippen molar-refractivity contribution in [2.75, 3.05) is 6.54 Å². The van der Waals surface area contributed by atoms with E-state index >= 15 is 0 Å². The summed E-state index contributed by atoms with van der Waals surface area (Å²) in [6.07, 6.45) is 2.43. The summed E-state index contributed by atoms with van der Waals surface area (Å²) in [5.74, 6) is 1.63. The number of pyridine rings is 1. The van der Waals surface area contributed by atoms with Gasteiger partial charge in [-0.05, 0) is 50.4 Å². The van der Waals surface area contributed by atoms with Crippen molar-refractivity contribution < 1.29 is 4.52 Å². The minimum Gasteiger partial charge on any atom is -0.339 e. The zero-order valence-corrected chi connectivity index (χ0v) is 15.4. The van der Waals surface area contributed by atoms with Crippen LogP contribution in [0.5, 0.6) is 0 Å². The Bertz CT molecular complexity index is 600. The molecule has 0 saturated carbocycles. The second kappa shape index (κ2) is 7.47. The maximum absolute atomic E-state index is 5.36. The summed E-state index contributed by atoms with van der Waals surface area (Å²) in [6.45, 7) is 7.37. The molecule has 114 valence electrons. The molecule has 2 heterocycles. The third-order valence-electron chi connectivity index (χ3n) is 3.15. The van der Waals surface area contributed by atoms with Crippen LogP contribution in [0.25, 0.3) is 11.5 Å². The fourth-order valence-electron chi connectivity index (χ4n) is 2.01. The van der Waals surface area contributed by atoms with E-state index in [4.69, 9.17) is 4.52 Å². The van der Waals surface area contributed by atoms with Crippen LogP contribution < -0.4 is 5.32 Å². The molecule has 0 bridgehead atoms. The van der Waals surface area contributed by atoms with Gasteiger partial charge in [-0.15, -0.1) is 0 Å². The number of halogens is 2. The van der Waals surface area contributed by atoms with Crippen LogP contribution in [0, 0.1) is 5.92 Å². The van der Waals surface area contributed by atoms with Crippen LogP contribution in [0.15, 0.2) is 25.7 Å². The summed E-state index contributed by atoms with van der Waals surface area (Å²) in [6, 6.07) is 2.23. The van der Waals surface area contributed by atoms with E-state index < -0.39 is 0 Å². The molecule has 1 N–H and O–H groups in total. The fourth-order valence-corrected chi connectivity index (χ4v) is 3.17. The molecule has 0 aliphatic rings. The summed E-state index contributed by atoms with van der Waals surface area (Å²) in [7, 11) is 0. The highest BCUT2D eigenvalue weighted by Crippen LogP contribution is 2.26. The van der Waals surface area contributed by atoms with Crippen molar-refractivity contribution in [2.45, 2.75) is 33.2 Å². The Labute approximate surface area is 141 Å². The van der Waals surface area contributed by atoms with Crippen LogP contribution in [-0.4, -0.2) is 27.7 Å². The van der Waals surface area contributed by atoms with Crippen LogP contribution in [-0.2, 0) is 6.42 Å². The van der Waals surface area contributed by atoms with E-state index in [-0.39, 0.29) is 0 Å². The second-order valence-electron chi connectivity index (χ2n) is 5.11. The molecule has 0 aliphatic carbocycles. The Hall–Kier alpha value is -0.790. The zero-order chi connectivity index (χ0) is 15.4. The lowest BCUT2D eigenvalue weighted by Crippen LogP contribution is -2.35. The number of aromatic nitrogens is 3. The molecule has 2 aromatic rings. The molecule has 21 heavy (non-hydrogen) atoms. The molecule has 0 fully saturated rings. The Morgan fingerprint density at radius 1 is 1.33 bits per heavy atom. The Balaban J connectivity index is 2.17. The van der Waals surface area contributed by atoms with Gasteiger partial charge in [0.15, 0.2) is 0 Å². The highest BCUT2D eigenvalue weighted by molar-refractivity contribution is 9.11. The van der Waals surface area contributed by atoms with Crippen molar-refractivity contribution in [2.24, 2.45) is 5.92 Å². The molecule has 5 nitrogen and oxygen atoms in total. The van der Waals surface area contributed by atoms with Gasteiger partial charge in [-0.3, -0.25) is 4.98 Å². The minimum atomic E-state index is 0.324. The van der Waals surface area contributed by atoms with E-state index in [1.807, 2.05) is 6.07 Å². The van der Waals surface area contributed by atoms with Crippen molar-refractivity contribution >= 4 is 31.9 Å². The number of likely N-dealkylation sites (N-methyl/N-ethyl adjacent to an activating group) is 1. The van der Waals surface area contributed by atoms with Gasteiger partial charge in [0.25, 0.3) is 0 Å². The summed E-state index contributed by atoms with van der Waals surface area (Å²) < 4.78 is 7.08. The molecule has 2 aromatic heterocycles. The van der Waals surface area contributed by atoms with Crippen molar-refractivity contribution in [1.82, 2.24) is 20.4 Å². The first kappa shape index (κ1) is 16.6. The molecular formula is C14H18Br2N4O. The normalized spacial score (nSPS) is 12.9. The van der Waals surface area contributed by atoms with Gasteiger partial charge >= 0.3 is 0 Å². The number of nitrogens with zero attached hydrogens (tertiary/aromatic N) is 3. The van der Waals surface area contributed by atoms with Crippen LogP contribution >= 0.6 is 31.9 Å². The lowest BCUT2D eigenvalue weighted by Gasteiger charge is -2.19. The molecule has 0 amide bonds. The van der Waals surface area contributed by atoms with Crippen molar-refractivity contribution in [3.8, 4) is 11.5 Å². The SMILES string of the molecule is CCNC(Cc1nc(-c2ncc(Br)cc2Br)no1)C(C)C. The van der Waals surface area contributed by atoms with Gasteiger partial charge in [-0.1, -0.05) is 25.9 Å². The van der Waals surface area contributed by atoms with E-state index in [0.717, 1.165) is 15.5 Å². The molecule has 0 saturated heterocycles. The van der Waals surface area contributed by atoms with Gasteiger partial charge < -0.3 is 9.84 Å². The molecule has 1 atom stereocenters. The van der Waals surface area contributed by atoms with E-state index in [2.05, 4.69) is 73.1 Å². The first-order valence-corrected chi connectivity index (χ1v) is 8.47. The monoisotopic (exact) mass is 416 g/mol. The van der Waals surface area contributed by atoms with Crippen LogP contribution in [0.4, 0.5) is 0 Å². The highest BCUT2D eigenvalue weighted by Gasteiger charge is 2.19. The van der Waals surface area contributed by atoms with E-state index in [0.29, 0.717) is 35.8 Å². The predicted molar refractivity (Wildman–Crippen MR) is 88.9 cm³/mol. The summed E-state index contributed by atoms with van der Waals surface area (Å²) >= 11 is 6.84. The standard InChI is InChI=1S/C14H18Br2N4O/c1-4-17-11(8(2)3)6-12-19-14(20-21-12)13-10(16)5-9(15)7-18-13/h5,7-8,11,17H,4,6H2,1-3H3. The van der Waals surface area contributed by atoms with Gasteiger partial charge in [0, 0.05) is 27.6 Å². The minimum absolute atomic E-state index is 0.324. The molecule has 0 aliphatic heterocycles. The molecule has 0 spiro atoms. The summed E-state index contributed by atoms with van der Waals surface area (Å²) in [5.41, 5.74) is 0.678. The quantitative estimate of drug-likeness (QED) is 0.773. The molecule has 7 heteroatoms. The van der Waals surface area contributed by atoms with E-state index in [1.54, 1.807) is 6.20 Å². The first-order valence-electron chi connectivity index (χ1n) is 6.88. The molecule has 0 aromatic carbocycles. The van der Waals surface area contributed by atoms with Crippen LogP contribution in [0.3, 0.4) is 0 Å². The zero-order valence-electron chi connectivity index (χ0n) is 12.2. The average molecular weight is 418 g/mol. The largest absolute Gasteiger partial charge is 0.339 e. The third kappa shape index (κ3) is 4.34. The van der Waals surface area contributed by atoms with Gasteiger partial charge in [0.2, 0.25) is 11.7 Å². The Morgan fingerprint density at radius 2 is 2.10 bits per heavy atom. The highest BCUT2D eigenvalue weighted by atomic mass is 79.9. The lowest BCUT2D eigenvalue weighted by atomic mass is 10.0. The third-order valence-corrected chi connectivity index (χ3v) is 4.19. The Kier molecular flexibility index (Phi) is 5.89. The first-order chi connectivity index (χ1) is 10.0. The fraction of sp³-hybridized carbons (Fsp3) is 0.500.